The molecular weight excluding hydrogens is 284 g/mol. The number of hydrogen-bond acceptors (Lipinski definition) is 2. The number of rotatable bonds is 0. The Hall–Kier alpha value is -1.07. The molecule has 2 nitrogen and oxygen atoms in total. The number of carbonyl (C=O) groups is 1. The lowest BCUT2D eigenvalue weighted by Crippen LogP contribution is -2.54. The highest BCUT2D eigenvalue weighted by Gasteiger charge is 2.63. The molecule has 0 bridgehead atoms. The number of fused-ring (bicyclic) bond motifs is 5. The van der Waals surface area contributed by atoms with Crippen molar-refractivity contribution in [3.63, 3.8) is 0 Å². The summed E-state index contributed by atoms with van der Waals surface area (Å²) in [6.07, 6.45) is 15.6. The molecule has 0 aromatic carbocycles. The van der Waals surface area contributed by atoms with Crippen molar-refractivity contribution in [3.8, 4) is 12.3 Å². The van der Waals surface area contributed by atoms with Gasteiger partial charge in [0.15, 0.2) is 5.78 Å². The van der Waals surface area contributed by atoms with Gasteiger partial charge < -0.3 is 5.11 Å². The number of aliphatic hydroxyl groups is 1. The van der Waals surface area contributed by atoms with Gasteiger partial charge in [0.2, 0.25) is 0 Å². The van der Waals surface area contributed by atoms with Crippen LogP contribution in [0.25, 0.3) is 0 Å². The van der Waals surface area contributed by atoms with Gasteiger partial charge in [-0.1, -0.05) is 25.3 Å². The van der Waals surface area contributed by atoms with Crippen molar-refractivity contribution in [1.29, 1.82) is 0 Å². The minimum atomic E-state index is -0.914. The predicted octanol–water partition coefficient (Wildman–Crippen LogP) is 3.88. The summed E-state index contributed by atoms with van der Waals surface area (Å²) in [6, 6.07) is 0. The van der Waals surface area contributed by atoms with Crippen molar-refractivity contribution in [1.82, 2.24) is 0 Å². The van der Waals surface area contributed by atoms with Gasteiger partial charge in [0.25, 0.3) is 0 Å². The van der Waals surface area contributed by atoms with Gasteiger partial charge in [-0.25, -0.2) is 0 Å². The van der Waals surface area contributed by atoms with E-state index in [1.165, 1.54) is 12.0 Å². The van der Waals surface area contributed by atoms with E-state index in [1.807, 2.05) is 6.08 Å². The fraction of sp³-hybridized carbons (Fsp3) is 0.762. The molecule has 2 heteroatoms. The van der Waals surface area contributed by atoms with E-state index < -0.39 is 5.60 Å². The second-order valence-electron chi connectivity index (χ2n) is 8.97. The molecule has 3 saturated carbocycles. The molecule has 1 N–H and O–H groups in total. The molecule has 0 amide bonds. The molecule has 5 unspecified atom stereocenters. The smallest absolute Gasteiger partial charge is 0.155 e. The van der Waals surface area contributed by atoms with Gasteiger partial charge in [0.1, 0.15) is 5.60 Å². The summed E-state index contributed by atoms with van der Waals surface area (Å²) in [5.74, 6) is 4.93. The van der Waals surface area contributed by atoms with Crippen LogP contribution >= 0.6 is 0 Å². The predicted molar refractivity (Wildman–Crippen MR) is 90.5 cm³/mol. The zero-order valence-corrected chi connectivity index (χ0v) is 14.4. The summed E-state index contributed by atoms with van der Waals surface area (Å²) >= 11 is 0. The van der Waals surface area contributed by atoms with Gasteiger partial charge in [-0.15, -0.1) is 6.42 Å². The van der Waals surface area contributed by atoms with E-state index in [0.717, 1.165) is 38.5 Å². The van der Waals surface area contributed by atoms with E-state index in [4.69, 9.17) is 6.42 Å². The number of hydrogen-bond donors (Lipinski definition) is 1. The Labute approximate surface area is 139 Å². The number of allylic oxidation sites excluding steroid dienone is 1. The molecule has 0 heterocycles. The molecule has 0 spiro atoms. The Bertz CT molecular complexity index is 626. The summed E-state index contributed by atoms with van der Waals surface area (Å²) in [5.41, 5.74) is 0.575. The molecule has 4 aliphatic rings. The van der Waals surface area contributed by atoms with Crippen molar-refractivity contribution in [3.05, 3.63) is 11.6 Å². The lowest BCUT2D eigenvalue weighted by atomic mass is 9.46. The topological polar surface area (TPSA) is 37.3 Å². The Morgan fingerprint density at radius 2 is 1.87 bits per heavy atom. The summed E-state index contributed by atoms with van der Waals surface area (Å²) in [6.45, 7) is 4.63. The molecule has 0 saturated heterocycles. The van der Waals surface area contributed by atoms with Crippen LogP contribution in [0.3, 0.4) is 0 Å². The van der Waals surface area contributed by atoms with E-state index in [1.54, 1.807) is 0 Å². The average molecular weight is 312 g/mol. The maximum absolute atomic E-state index is 11.8. The number of carbonyl (C=O) groups excluding carboxylic acids is 1. The molecule has 0 radical (unpaired) electrons. The molecule has 0 aromatic heterocycles. The molecule has 124 valence electrons. The molecule has 6 atom stereocenters. The van der Waals surface area contributed by atoms with Crippen LogP contribution in [0.1, 0.15) is 65.2 Å². The highest BCUT2D eigenvalue weighted by atomic mass is 16.3. The molecule has 4 aliphatic carbocycles. The quantitative estimate of drug-likeness (QED) is 0.689. The monoisotopic (exact) mass is 312 g/mol. The minimum Gasteiger partial charge on any atom is -0.377 e. The lowest BCUT2D eigenvalue weighted by Gasteiger charge is -2.58. The third-order valence-corrected chi connectivity index (χ3v) is 8.35. The Morgan fingerprint density at radius 3 is 2.61 bits per heavy atom. The summed E-state index contributed by atoms with van der Waals surface area (Å²) in [7, 11) is 0. The fourth-order valence-electron chi connectivity index (χ4n) is 6.81. The second kappa shape index (κ2) is 4.73. The van der Waals surface area contributed by atoms with Crippen molar-refractivity contribution in [2.75, 3.05) is 0 Å². The van der Waals surface area contributed by atoms with E-state index >= 15 is 0 Å². The van der Waals surface area contributed by atoms with Crippen LogP contribution in [-0.2, 0) is 4.79 Å². The molecule has 23 heavy (non-hydrogen) atoms. The van der Waals surface area contributed by atoms with Crippen molar-refractivity contribution in [2.45, 2.75) is 70.8 Å². The van der Waals surface area contributed by atoms with Gasteiger partial charge in [0, 0.05) is 11.8 Å². The highest BCUT2D eigenvalue weighted by molar-refractivity contribution is 5.91. The van der Waals surface area contributed by atoms with Gasteiger partial charge in [0.05, 0.1) is 0 Å². The van der Waals surface area contributed by atoms with Gasteiger partial charge >= 0.3 is 0 Å². The molecule has 0 aromatic rings. The van der Waals surface area contributed by atoms with Crippen LogP contribution in [0.2, 0.25) is 0 Å². The Balaban J connectivity index is 1.70. The Morgan fingerprint density at radius 1 is 1.13 bits per heavy atom. The van der Waals surface area contributed by atoms with E-state index in [0.29, 0.717) is 30.0 Å². The first kappa shape index (κ1) is 15.5. The first-order valence-corrected chi connectivity index (χ1v) is 9.28. The molecular formula is C21H28O2. The number of ketones is 1. The third kappa shape index (κ3) is 1.84. The van der Waals surface area contributed by atoms with Gasteiger partial charge in [-0.2, -0.15) is 0 Å². The molecule has 4 rings (SSSR count). The third-order valence-electron chi connectivity index (χ3n) is 8.35. The van der Waals surface area contributed by atoms with Gasteiger partial charge in [-0.3, -0.25) is 4.79 Å². The fourth-order valence-corrected chi connectivity index (χ4v) is 6.81. The average Bonchev–Trinajstić information content (AvgIpc) is 2.80. The highest BCUT2D eigenvalue weighted by Crippen LogP contribution is 2.67. The van der Waals surface area contributed by atoms with Crippen LogP contribution in [0.5, 0.6) is 0 Å². The van der Waals surface area contributed by atoms with Crippen LogP contribution < -0.4 is 0 Å². The molecule has 0 aliphatic heterocycles. The van der Waals surface area contributed by atoms with E-state index in [-0.39, 0.29) is 10.8 Å². The maximum Gasteiger partial charge on any atom is 0.155 e. The van der Waals surface area contributed by atoms with Crippen LogP contribution in [-0.4, -0.2) is 16.5 Å². The summed E-state index contributed by atoms with van der Waals surface area (Å²) in [5, 5.41) is 11.0. The normalized spacial score (nSPS) is 52.0. The lowest BCUT2D eigenvalue weighted by molar-refractivity contribution is -0.119. The summed E-state index contributed by atoms with van der Waals surface area (Å²) in [4.78, 5) is 11.8. The Kier molecular flexibility index (Phi) is 3.18. The first-order valence-electron chi connectivity index (χ1n) is 9.28. The SMILES string of the molecule is C#C[C@]1(O)CCC2C3CCC4=CC(=O)CCC4(C)C3CCC21C. The van der Waals surface area contributed by atoms with E-state index in [9.17, 15) is 9.90 Å². The van der Waals surface area contributed by atoms with Crippen LogP contribution in [0.15, 0.2) is 11.6 Å². The first-order chi connectivity index (χ1) is 10.8. The second-order valence-corrected chi connectivity index (χ2v) is 8.97. The van der Waals surface area contributed by atoms with Crippen molar-refractivity contribution >= 4 is 5.78 Å². The zero-order chi connectivity index (χ0) is 16.5. The largest absolute Gasteiger partial charge is 0.377 e. The standard InChI is InChI=1S/C21H28O2/c1-4-21(23)12-9-18-16-6-5-14-13-15(22)7-10-19(14,2)17(16)8-11-20(18,21)3/h1,13,16-18,23H,5-12H2,2-3H3/t16?,17?,18?,19?,20?,21-/m0/s1. The minimum absolute atomic E-state index is 0.120. The van der Waals surface area contributed by atoms with Crippen molar-refractivity contribution in [2.24, 2.45) is 28.6 Å². The van der Waals surface area contributed by atoms with Crippen molar-refractivity contribution < 1.29 is 9.90 Å². The number of terminal acetylenes is 1. The van der Waals surface area contributed by atoms with E-state index in [2.05, 4.69) is 19.8 Å². The van der Waals surface area contributed by atoms with Crippen LogP contribution in [0, 0.1) is 40.9 Å². The van der Waals surface area contributed by atoms with Crippen LogP contribution in [0.4, 0.5) is 0 Å². The maximum atomic E-state index is 11.8. The zero-order valence-electron chi connectivity index (χ0n) is 14.4. The van der Waals surface area contributed by atoms with Gasteiger partial charge in [-0.05, 0) is 74.2 Å². The summed E-state index contributed by atoms with van der Waals surface area (Å²) < 4.78 is 0. The molecule has 3 fully saturated rings.